The van der Waals surface area contributed by atoms with Crippen molar-refractivity contribution in [2.24, 2.45) is 0 Å². The number of rotatable bonds is 5. The normalized spacial score (nSPS) is 10.6. The fraction of sp³-hybridized carbons (Fsp3) is 0.158. The highest BCUT2D eigenvalue weighted by molar-refractivity contribution is 7.99. The summed E-state index contributed by atoms with van der Waals surface area (Å²) in [5.41, 5.74) is 2.98. The minimum absolute atomic E-state index is 0.0250. The van der Waals surface area contributed by atoms with Crippen LogP contribution in [-0.4, -0.2) is 18.8 Å². The number of aryl methyl sites for hydroxylation is 1. The maximum atomic E-state index is 12.1. The molecule has 0 atom stereocenters. The number of carbonyl (C=O) groups excluding carboxylic acids is 1. The van der Waals surface area contributed by atoms with Crippen molar-refractivity contribution in [1.82, 2.24) is 0 Å². The molecule has 3 aromatic rings. The van der Waals surface area contributed by atoms with Gasteiger partial charge in [-0.25, -0.2) is 0 Å². The molecule has 1 amide bonds. The molecular formula is C19H19N2O2S+. The van der Waals surface area contributed by atoms with Gasteiger partial charge >= 0.3 is 0 Å². The molecule has 0 fully saturated rings. The second-order valence-electron chi connectivity index (χ2n) is 5.43. The lowest BCUT2D eigenvalue weighted by Crippen LogP contribution is -2.16. The van der Waals surface area contributed by atoms with Gasteiger partial charge in [-0.15, -0.1) is 0 Å². The third-order valence-electron chi connectivity index (χ3n) is 3.67. The Hall–Kier alpha value is -2.53. The summed E-state index contributed by atoms with van der Waals surface area (Å²) < 4.78 is 5.28. The third-order valence-corrected chi connectivity index (χ3v) is 4.61. The van der Waals surface area contributed by atoms with Gasteiger partial charge in [0, 0.05) is 17.1 Å². The van der Waals surface area contributed by atoms with Crippen molar-refractivity contribution in [1.29, 1.82) is 0 Å². The predicted octanol–water partition coefficient (Wildman–Crippen LogP) is 3.70. The lowest BCUT2D eigenvalue weighted by molar-refractivity contribution is -0.395. The summed E-state index contributed by atoms with van der Waals surface area (Å²) in [4.78, 5) is 15.4. The number of anilines is 1. The highest BCUT2D eigenvalue weighted by Crippen LogP contribution is 2.23. The van der Waals surface area contributed by atoms with Crippen molar-refractivity contribution in [3.05, 3.63) is 60.2 Å². The molecule has 122 valence electrons. The number of nitrogens with one attached hydrogen (secondary N) is 2. The largest absolute Gasteiger partial charge is 0.497 e. The quantitative estimate of drug-likeness (QED) is 0.721. The van der Waals surface area contributed by atoms with E-state index >= 15 is 0 Å². The van der Waals surface area contributed by atoms with Gasteiger partial charge in [0.05, 0.1) is 18.9 Å². The fourth-order valence-electron chi connectivity index (χ4n) is 2.48. The van der Waals surface area contributed by atoms with E-state index in [2.05, 4.69) is 23.3 Å². The zero-order valence-electron chi connectivity index (χ0n) is 13.6. The Labute approximate surface area is 145 Å². The molecule has 0 spiro atoms. The van der Waals surface area contributed by atoms with Crippen LogP contribution in [0.2, 0.25) is 0 Å². The summed E-state index contributed by atoms with van der Waals surface area (Å²) >= 11 is 1.48. The zero-order chi connectivity index (χ0) is 16.9. The Balaban J connectivity index is 1.71. The van der Waals surface area contributed by atoms with Gasteiger partial charge in [0.15, 0.2) is 0 Å². The van der Waals surface area contributed by atoms with Gasteiger partial charge < -0.3 is 10.1 Å². The lowest BCUT2D eigenvalue weighted by atomic mass is 10.1. The number of hydrogen-bond donors (Lipinski definition) is 1. The molecule has 0 aliphatic heterocycles. The molecule has 1 heterocycles. The molecule has 0 unspecified atom stereocenters. The summed E-state index contributed by atoms with van der Waals surface area (Å²) in [5, 5.41) is 4.99. The number of H-pyrrole nitrogens is 1. The minimum atomic E-state index is -0.0250. The van der Waals surface area contributed by atoms with Gasteiger partial charge in [0.25, 0.3) is 0 Å². The first-order chi connectivity index (χ1) is 11.7. The van der Waals surface area contributed by atoms with Crippen molar-refractivity contribution < 1.29 is 14.5 Å². The standard InChI is InChI=1S/C19H18N2O2S/c1-13-10-19(21-17-11-15(23-2)8-9-16(13)17)24-12-18(22)20-14-6-4-3-5-7-14/h3-11H,12H2,1-2H3,(H,20,22)/p+1. The van der Waals surface area contributed by atoms with Crippen LogP contribution in [0.4, 0.5) is 5.69 Å². The van der Waals surface area contributed by atoms with Crippen molar-refractivity contribution >= 4 is 34.3 Å². The minimum Gasteiger partial charge on any atom is -0.497 e. The number of benzene rings is 2. The number of carbonyl (C=O) groups is 1. The summed E-state index contributed by atoms with van der Waals surface area (Å²) in [7, 11) is 1.65. The van der Waals surface area contributed by atoms with Crippen molar-refractivity contribution in [3.63, 3.8) is 0 Å². The molecule has 0 saturated heterocycles. The number of pyridine rings is 1. The van der Waals surface area contributed by atoms with Gasteiger partial charge in [0.1, 0.15) is 5.75 Å². The second-order valence-corrected chi connectivity index (χ2v) is 6.45. The first-order valence-corrected chi connectivity index (χ1v) is 8.62. The molecule has 3 rings (SSSR count). The summed E-state index contributed by atoms with van der Waals surface area (Å²) in [5.74, 6) is 1.13. The predicted molar refractivity (Wildman–Crippen MR) is 97.6 cm³/mol. The van der Waals surface area contributed by atoms with E-state index in [0.29, 0.717) is 5.75 Å². The highest BCUT2D eigenvalue weighted by atomic mass is 32.2. The van der Waals surface area contributed by atoms with E-state index in [-0.39, 0.29) is 5.91 Å². The van der Waals surface area contributed by atoms with Crippen LogP contribution in [0.3, 0.4) is 0 Å². The molecule has 0 bridgehead atoms. The molecule has 5 heteroatoms. The maximum absolute atomic E-state index is 12.1. The SMILES string of the molecule is COc1ccc2c(C)cc(SCC(=O)Nc3ccccc3)[nH+]c2c1. The van der Waals surface area contributed by atoms with Crippen LogP contribution in [0, 0.1) is 6.92 Å². The topological polar surface area (TPSA) is 52.5 Å². The average molecular weight is 339 g/mol. The first kappa shape index (κ1) is 16.3. The van der Waals surface area contributed by atoms with Crippen LogP contribution in [0.5, 0.6) is 5.75 Å². The number of aromatic amines is 1. The number of ether oxygens (including phenoxy) is 1. The summed E-state index contributed by atoms with van der Waals surface area (Å²) in [6.45, 7) is 2.07. The number of aromatic nitrogens is 1. The van der Waals surface area contributed by atoms with E-state index in [4.69, 9.17) is 4.74 Å². The molecular weight excluding hydrogens is 320 g/mol. The van der Waals surface area contributed by atoms with E-state index in [1.807, 2.05) is 48.5 Å². The molecule has 0 aliphatic rings. The molecule has 0 saturated carbocycles. The van der Waals surface area contributed by atoms with E-state index in [1.165, 1.54) is 11.8 Å². The molecule has 4 nitrogen and oxygen atoms in total. The molecule has 24 heavy (non-hydrogen) atoms. The van der Waals surface area contributed by atoms with E-state index in [9.17, 15) is 4.79 Å². The molecule has 2 N–H and O–H groups in total. The van der Waals surface area contributed by atoms with Crippen LogP contribution < -0.4 is 15.0 Å². The first-order valence-electron chi connectivity index (χ1n) is 7.64. The van der Waals surface area contributed by atoms with Crippen LogP contribution in [-0.2, 0) is 4.79 Å². The van der Waals surface area contributed by atoms with Crippen LogP contribution in [0.25, 0.3) is 10.9 Å². The Kier molecular flexibility index (Phi) is 5.01. The van der Waals surface area contributed by atoms with Crippen LogP contribution in [0.1, 0.15) is 5.56 Å². The average Bonchev–Trinajstić information content (AvgIpc) is 2.60. The lowest BCUT2D eigenvalue weighted by Gasteiger charge is -2.05. The number of methoxy groups -OCH3 is 1. The Morgan fingerprint density at radius 1 is 1.17 bits per heavy atom. The summed E-state index contributed by atoms with van der Waals surface area (Å²) in [6.07, 6.45) is 0. The van der Waals surface area contributed by atoms with Gasteiger partial charge in [-0.2, -0.15) is 4.98 Å². The number of amides is 1. The molecule has 1 aromatic heterocycles. The fourth-order valence-corrected chi connectivity index (χ4v) is 3.28. The molecule has 0 radical (unpaired) electrons. The second kappa shape index (κ2) is 7.36. The van der Waals surface area contributed by atoms with Gasteiger partial charge in [-0.1, -0.05) is 18.2 Å². The smallest absolute Gasteiger partial charge is 0.239 e. The number of fused-ring (bicyclic) bond motifs is 1. The van der Waals surface area contributed by atoms with Crippen LogP contribution >= 0.6 is 11.8 Å². The van der Waals surface area contributed by atoms with Crippen molar-refractivity contribution in [2.45, 2.75) is 11.9 Å². The maximum Gasteiger partial charge on any atom is 0.239 e. The van der Waals surface area contributed by atoms with Gasteiger partial charge in [0.2, 0.25) is 16.4 Å². The monoisotopic (exact) mass is 339 g/mol. The number of hydrogen-bond acceptors (Lipinski definition) is 3. The van der Waals surface area contributed by atoms with Crippen molar-refractivity contribution in [3.8, 4) is 5.75 Å². The Morgan fingerprint density at radius 2 is 1.96 bits per heavy atom. The van der Waals surface area contributed by atoms with Crippen LogP contribution in [0.15, 0.2) is 59.6 Å². The van der Waals surface area contributed by atoms with E-state index in [1.54, 1.807) is 7.11 Å². The Morgan fingerprint density at radius 3 is 2.71 bits per heavy atom. The molecule has 0 aliphatic carbocycles. The molecule has 2 aromatic carbocycles. The van der Waals surface area contributed by atoms with Crippen molar-refractivity contribution in [2.75, 3.05) is 18.2 Å². The Bertz CT molecular complexity index is 866. The zero-order valence-corrected chi connectivity index (χ0v) is 14.4. The van der Waals surface area contributed by atoms with E-state index < -0.39 is 0 Å². The van der Waals surface area contributed by atoms with Gasteiger partial charge in [-0.3, -0.25) is 4.79 Å². The number of para-hydroxylation sites is 1. The third kappa shape index (κ3) is 3.86. The number of thioether (sulfide) groups is 1. The summed E-state index contributed by atoms with van der Waals surface area (Å²) in [6, 6.07) is 17.5. The van der Waals surface area contributed by atoms with E-state index in [0.717, 1.165) is 32.9 Å². The highest BCUT2D eigenvalue weighted by Gasteiger charge is 2.13. The van der Waals surface area contributed by atoms with Gasteiger partial charge in [-0.05, 0) is 48.5 Å².